The number of carbonyl (C=O) groups is 1. The molecule has 3 aromatic heterocycles. The fourth-order valence-corrected chi connectivity index (χ4v) is 2.42. The van der Waals surface area contributed by atoms with Crippen LogP contribution in [0.2, 0.25) is 0 Å². The standard InChI is InChI=1S/C8H11N.C5H11N5S.C4H4N2S.C3H4N4O2/c1-6-3-4-7(2)8(9)5-6;1-9(2)3-4-10-5(11)6-7-8-10;7-4-5-2-1-3-6-4;8-3(9)1-7-2-4-5-6-7/h3-5H,9H2,1-2H3;3-4H2,1-2H3,(H,6,8,11);1-3H,(H,5,6,7);2H,1H2,(H,8,9). The predicted molar refractivity (Wildman–Crippen MR) is 139 cm³/mol. The highest BCUT2D eigenvalue weighted by Crippen LogP contribution is 2.11. The number of hydrogen-bond donors (Lipinski definition) is 4. The lowest BCUT2D eigenvalue weighted by Gasteiger charge is -2.07. The van der Waals surface area contributed by atoms with Gasteiger partial charge in [-0.1, -0.05) is 22.4 Å². The van der Waals surface area contributed by atoms with E-state index in [-0.39, 0.29) is 6.54 Å². The summed E-state index contributed by atoms with van der Waals surface area (Å²) in [6, 6.07) is 7.86. The normalized spacial score (nSPS) is 9.69. The quantitative estimate of drug-likeness (QED) is 0.215. The second-order valence-corrected chi connectivity index (χ2v) is 8.14. The lowest BCUT2D eigenvalue weighted by atomic mass is 10.1. The Morgan fingerprint density at radius 1 is 1.25 bits per heavy atom. The molecule has 0 bridgehead atoms. The number of nitrogen functional groups attached to an aromatic ring is 1. The molecule has 194 valence electrons. The third kappa shape index (κ3) is 13.7. The van der Waals surface area contributed by atoms with Crippen LogP contribution in [0.4, 0.5) is 5.69 Å². The molecule has 0 unspecified atom stereocenters. The number of aromatic amines is 2. The monoisotopic (exact) mass is 534 g/mol. The van der Waals surface area contributed by atoms with E-state index >= 15 is 0 Å². The Balaban J connectivity index is 0.000000243. The van der Waals surface area contributed by atoms with Crippen molar-refractivity contribution in [2.45, 2.75) is 26.9 Å². The number of carboxylic acid groups (broad SMARTS) is 1. The number of rotatable bonds is 5. The van der Waals surface area contributed by atoms with Gasteiger partial charge in [0.25, 0.3) is 0 Å². The maximum absolute atomic E-state index is 9.95. The molecule has 0 saturated carbocycles. The number of nitrogens with one attached hydrogen (secondary N) is 2. The first kappa shape index (κ1) is 30.1. The molecule has 0 amide bonds. The lowest BCUT2D eigenvalue weighted by molar-refractivity contribution is -0.137. The summed E-state index contributed by atoms with van der Waals surface area (Å²) in [5, 5.41) is 27.9. The van der Waals surface area contributed by atoms with Crippen LogP contribution in [0.25, 0.3) is 0 Å². The summed E-state index contributed by atoms with van der Waals surface area (Å²) < 4.78 is 3.90. The van der Waals surface area contributed by atoms with E-state index in [9.17, 15) is 4.79 Å². The number of carboxylic acids is 1. The molecule has 5 N–H and O–H groups in total. The van der Waals surface area contributed by atoms with Gasteiger partial charge in [0.1, 0.15) is 12.9 Å². The molecule has 0 radical (unpaired) electrons. The van der Waals surface area contributed by atoms with Crippen molar-refractivity contribution in [3.8, 4) is 0 Å². The van der Waals surface area contributed by atoms with Gasteiger partial charge in [-0.3, -0.25) is 4.79 Å². The Kier molecular flexibility index (Phi) is 14.0. The minimum atomic E-state index is -0.956. The summed E-state index contributed by atoms with van der Waals surface area (Å²) in [7, 11) is 4.01. The molecule has 36 heavy (non-hydrogen) atoms. The van der Waals surface area contributed by atoms with Gasteiger partial charge >= 0.3 is 5.97 Å². The van der Waals surface area contributed by atoms with Crippen LogP contribution >= 0.6 is 24.4 Å². The summed E-state index contributed by atoms with van der Waals surface area (Å²) in [5.74, 6) is -0.956. The maximum atomic E-state index is 9.95. The predicted octanol–water partition coefficient (Wildman–Crippen LogP) is 1.68. The number of H-pyrrole nitrogens is 2. The molecule has 1 aromatic carbocycles. The molecule has 0 aliphatic rings. The van der Waals surface area contributed by atoms with Crippen molar-refractivity contribution >= 4 is 36.1 Å². The molecular weight excluding hydrogens is 504 g/mol. The number of benzene rings is 1. The molecule has 14 nitrogen and oxygen atoms in total. The number of likely N-dealkylation sites (N-methyl/N-ethyl adjacent to an activating group) is 1. The first-order valence-electron chi connectivity index (χ1n) is 10.5. The average Bonchev–Trinajstić information content (AvgIpc) is 3.48. The summed E-state index contributed by atoms with van der Waals surface area (Å²) >= 11 is 9.52. The van der Waals surface area contributed by atoms with E-state index in [1.54, 1.807) is 23.1 Å². The van der Waals surface area contributed by atoms with E-state index in [0.717, 1.165) is 29.0 Å². The molecule has 0 atom stereocenters. The van der Waals surface area contributed by atoms with E-state index in [4.69, 9.17) is 23.1 Å². The van der Waals surface area contributed by atoms with Gasteiger partial charge < -0.3 is 20.7 Å². The fraction of sp³-hybridized carbons (Fsp3) is 0.350. The smallest absolute Gasteiger partial charge is 0.325 e. The highest BCUT2D eigenvalue weighted by Gasteiger charge is 1.97. The molecule has 0 fully saturated rings. The van der Waals surface area contributed by atoms with E-state index in [1.807, 2.05) is 40.1 Å². The molecule has 0 aliphatic heterocycles. The molecule has 0 aliphatic carbocycles. The maximum Gasteiger partial charge on any atom is 0.325 e. The number of hydrogen-bond acceptors (Lipinski definition) is 11. The van der Waals surface area contributed by atoms with E-state index in [1.165, 1.54) is 11.9 Å². The summed E-state index contributed by atoms with van der Waals surface area (Å²) in [4.78, 5) is 18.5. The van der Waals surface area contributed by atoms with Crippen LogP contribution in [0, 0.1) is 23.4 Å². The van der Waals surface area contributed by atoms with Crippen molar-refractivity contribution < 1.29 is 9.90 Å². The van der Waals surface area contributed by atoms with Crippen LogP contribution in [0.15, 0.2) is 43.0 Å². The molecule has 4 aromatic rings. The minimum absolute atomic E-state index is 0.188. The number of nitrogens with zero attached hydrogens (tertiary/aromatic N) is 9. The topological polar surface area (TPSA) is 185 Å². The first-order chi connectivity index (χ1) is 17.1. The number of tetrazole rings is 2. The molecule has 16 heteroatoms. The van der Waals surface area contributed by atoms with E-state index < -0.39 is 5.97 Å². The molecule has 0 spiro atoms. The van der Waals surface area contributed by atoms with Gasteiger partial charge in [0.2, 0.25) is 4.77 Å². The lowest BCUT2D eigenvalue weighted by Crippen LogP contribution is -2.19. The molecule has 4 rings (SSSR count). The Morgan fingerprint density at radius 3 is 2.42 bits per heavy atom. The van der Waals surface area contributed by atoms with Crippen LogP contribution in [-0.2, 0) is 17.9 Å². The highest BCUT2D eigenvalue weighted by atomic mass is 32.1. The summed E-state index contributed by atoms with van der Waals surface area (Å²) in [6.45, 7) is 5.59. The third-order valence-electron chi connectivity index (χ3n) is 4.01. The zero-order chi connectivity index (χ0) is 26.9. The number of aryl methyl sites for hydroxylation is 2. The molecular formula is C20H30N12O2S2. The van der Waals surface area contributed by atoms with Crippen LogP contribution < -0.4 is 5.73 Å². The van der Waals surface area contributed by atoms with Crippen LogP contribution in [-0.4, -0.2) is 87.0 Å². The molecule has 0 saturated heterocycles. The third-order valence-corrected chi connectivity index (χ3v) is 4.53. The van der Waals surface area contributed by atoms with Gasteiger partial charge in [0.05, 0.1) is 6.54 Å². The summed E-state index contributed by atoms with van der Waals surface area (Å²) in [5.41, 5.74) is 8.88. The largest absolute Gasteiger partial charge is 0.480 e. The van der Waals surface area contributed by atoms with E-state index in [0.29, 0.717) is 9.54 Å². The fourth-order valence-electron chi connectivity index (χ4n) is 2.12. The average molecular weight is 535 g/mol. The first-order valence-corrected chi connectivity index (χ1v) is 11.3. The van der Waals surface area contributed by atoms with Gasteiger partial charge in [0.15, 0.2) is 4.77 Å². The number of nitrogens with two attached hydrogens (primary N) is 1. The van der Waals surface area contributed by atoms with Crippen molar-refractivity contribution in [3.05, 3.63) is 63.7 Å². The van der Waals surface area contributed by atoms with Crippen molar-refractivity contribution in [2.75, 3.05) is 26.4 Å². The Bertz CT molecular complexity index is 1250. The number of aliphatic carboxylic acids is 1. The van der Waals surface area contributed by atoms with Crippen LogP contribution in [0.1, 0.15) is 11.1 Å². The van der Waals surface area contributed by atoms with Gasteiger partial charge in [0, 0.05) is 24.6 Å². The van der Waals surface area contributed by atoms with Gasteiger partial charge in [-0.2, -0.15) is 5.21 Å². The van der Waals surface area contributed by atoms with E-state index in [2.05, 4.69) is 64.2 Å². The Hall–Kier alpha value is -3.89. The minimum Gasteiger partial charge on any atom is -0.480 e. The van der Waals surface area contributed by atoms with Gasteiger partial charge in [-0.05, 0) is 86.1 Å². The number of anilines is 1. The second kappa shape index (κ2) is 16.7. The van der Waals surface area contributed by atoms with Crippen molar-refractivity contribution in [2.24, 2.45) is 0 Å². The highest BCUT2D eigenvalue weighted by molar-refractivity contribution is 7.71. The van der Waals surface area contributed by atoms with Crippen molar-refractivity contribution in [1.29, 1.82) is 0 Å². The molecule has 3 heterocycles. The number of aromatic nitrogens is 10. The second-order valence-electron chi connectivity index (χ2n) is 7.39. The van der Waals surface area contributed by atoms with Crippen molar-refractivity contribution in [1.82, 2.24) is 55.3 Å². The Labute approximate surface area is 218 Å². The van der Waals surface area contributed by atoms with Crippen molar-refractivity contribution in [3.63, 3.8) is 0 Å². The zero-order valence-corrected chi connectivity index (χ0v) is 22.1. The Morgan fingerprint density at radius 2 is 2.00 bits per heavy atom. The van der Waals surface area contributed by atoms with Crippen LogP contribution in [0.3, 0.4) is 0 Å². The van der Waals surface area contributed by atoms with Crippen LogP contribution in [0.5, 0.6) is 0 Å². The summed E-state index contributed by atoms with van der Waals surface area (Å²) in [6.07, 6.45) is 4.64. The SMILES string of the molecule is CN(C)CCn1[nH]nnc1=S.Cc1ccc(C)c(N)c1.O=C(O)Cn1cnnn1.S=c1nccc[nH]1. The zero-order valence-electron chi connectivity index (χ0n) is 20.4. The van der Waals surface area contributed by atoms with Gasteiger partial charge in [-0.25, -0.2) is 14.3 Å². The van der Waals surface area contributed by atoms with Gasteiger partial charge in [-0.15, -0.1) is 5.10 Å².